The highest BCUT2D eigenvalue weighted by Crippen LogP contribution is 2.43. The van der Waals surface area contributed by atoms with Crippen LogP contribution in [0.15, 0.2) is 42.5 Å². The number of carboxylic acid groups (broad SMARTS) is 1. The Kier molecular flexibility index (Phi) is 10.6. The Hall–Kier alpha value is -4.25. The van der Waals surface area contributed by atoms with E-state index in [-0.39, 0.29) is 11.5 Å². The summed E-state index contributed by atoms with van der Waals surface area (Å²) in [6.45, 7) is 9.64. The fourth-order valence-electron chi connectivity index (χ4n) is 7.28. The summed E-state index contributed by atoms with van der Waals surface area (Å²) < 4.78 is 24.5. The largest absolute Gasteiger partial charge is 0.493 e. The minimum Gasteiger partial charge on any atom is -0.493 e. The van der Waals surface area contributed by atoms with Crippen molar-refractivity contribution in [1.82, 2.24) is 19.3 Å². The van der Waals surface area contributed by atoms with Crippen LogP contribution in [-0.4, -0.2) is 37.0 Å². The van der Waals surface area contributed by atoms with Crippen molar-refractivity contribution in [3.63, 3.8) is 0 Å². The van der Waals surface area contributed by atoms with Crippen molar-refractivity contribution in [2.45, 2.75) is 79.3 Å². The summed E-state index contributed by atoms with van der Waals surface area (Å²) in [6, 6.07) is 12.6. The molecule has 0 atom stereocenters. The van der Waals surface area contributed by atoms with Crippen LogP contribution in [0.1, 0.15) is 75.3 Å². The molecule has 0 saturated carbocycles. The number of ether oxygens (including phenoxy) is 1. The van der Waals surface area contributed by atoms with Gasteiger partial charge in [0.1, 0.15) is 22.3 Å². The van der Waals surface area contributed by atoms with E-state index < -0.39 is 5.97 Å². The zero-order valence-electron chi connectivity index (χ0n) is 29.2. The van der Waals surface area contributed by atoms with Gasteiger partial charge < -0.3 is 20.1 Å². The molecule has 0 amide bonds. The van der Waals surface area contributed by atoms with Gasteiger partial charge in [-0.05, 0) is 99.2 Å². The van der Waals surface area contributed by atoms with E-state index in [4.69, 9.17) is 27.2 Å². The Bertz CT molecular complexity index is 2220. The molecule has 1 aliphatic heterocycles. The molecule has 3 aromatic carbocycles. The molecule has 0 radical (unpaired) electrons. The number of hydrogen-bond acceptors (Lipinski definition) is 6. The van der Waals surface area contributed by atoms with Crippen molar-refractivity contribution in [2.75, 3.05) is 6.61 Å². The van der Waals surface area contributed by atoms with Crippen molar-refractivity contribution >= 4 is 50.6 Å². The highest BCUT2D eigenvalue weighted by atomic mass is 35.5. The lowest BCUT2D eigenvalue weighted by atomic mass is 9.97. The van der Waals surface area contributed by atoms with Crippen molar-refractivity contribution < 1.29 is 19.0 Å². The topological polar surface area (TPSA) is 108 Å². The number of benzene rings is 3. The molecule has 4 heterocycles. The highest BCUT2D eigenvalue weighted by molar-refractivity contribution is 7.11. The van der Waals surface area contributed by atoms with Gasteiger partial charge in [0.2, 0.25) is 0 Å². The number of carboxylic acids is 1. The van der Waals surface area contributed by atoms with Crippen molar-refractivity contribution in [3.8, 4) is 16.9 Å². The van der Waals surface area contributed by atoms with Gasteiger partial charge >= 0.3 is 5.97 Å². The normalized spacial score (nSPS) is 12.4. The molecule has 262 valence electrons. The van der Waals surface area contributed by atoms with Crippen LogP contribution in [0.3, 0.4) is 0 Å². The van der Waals surface area contributed by atoms with E-state index in [9.17, 15) is 14.3 Å². The van der Waals surface area contributed by atoms with E-state index in [2.05, 4.69) is 4.98 Å². The van der Waals surface area contributed by atoms with Crippen molar-refractivity contribution in [1.29, 1.82) is 0 Å². The van der Waals surface area contributed by atoms with Crippen LogP contribution >= 0.6 is 22.9 Å². The number of aryl methyl sites for hydroxylation is 7. The molecule has 6 aromatic rings. The number of halogens is 2. The van der Waals surface area contributed by atoms with Crippen molar-refractivity contribution in [3.05, 3.63) is 97.1 Å². The summed E-state index contributed by atoms with van der Waals surface area (Å²) in [5.74, 6) is -0.606. The lowest BCUT2D eigenvalue weighted by Crippen LogP contribution is -2.09. The van der Waals surface area contributed by atoms with Crippen LogP contribution in [0.4, 0.5) is 4.39 Å². The zero-order chi connectivity index (χ0) is 35.7. The number of rotatable bonds is 11. The number of carbonyl (C=O) groups is 1. The van der Waals surface area contributed by atoms with Crippen LogP contribution < -0.4 is 10.5 Å². The molecule has 3 aromatic heterocycles. The Balaban J connectivity index is 0.00000212. The van der Waals surface area contributed by atoms with Gasteiger partial charge in [0.25, 0.3) is 0 Å². The van der Waals surface area contributed by atoms with E-state index in [1.54, 1.807) is 29.0 Å². The molecular weight excluding hydrogens is 673 g/mol. The summed E-state index contributed by atoms with van der Waals surface area (Å²) in [5, 5.41) is 19.1. The lowest BCUT2D eigenvalue weighted by molar-refractivity contribution is 0.0685. The molecule has 0 unspecified atom stereocenters. The fraction of sp³-hybridized carbons (Fsp3) is 0.359. The average Bonchev–Trinajstić information content (AvgIpc) is 3.84. The maximum Gasteiger partial charge on any atom is 0.352 e. The van der Waals surface area contributed by atoms with Crippen LogP contribution in [0.25, 0.3) is 32.8 Å². The number of aromatic nitrogens is 4. The molecular formula is C39H43ClFN5O3S. The second kappa shape index (κ2) is 14.9. The van der Waals surface area contributed by atoms with Crippen LogP contribution in [0, 0.1) is 19.7 Å². The minimum absolute atomic E-state index is 0.244. The average molecular weight is 716 g/mol. The van der Waals surface area contributed by atoms with Gasteiger partial charge in [-0.3, -0.25) is 4.68 Å². The smallest absolute Gasteiger partial charge is 0.352 e. The minimum atomic E-state index is -0.987. The number of hydrogen-bond donors (Lipinski definition) is 2. The molecule has 0 aliphatic carbocycles. The predicted octanol–water partition coefficient (Wildman–Crippen LogP) is 8.99. The molecule has 8 nitrogen and oxygen atoms in total. The fourth-order valence-corrected chi connectivity index (χ4v) is 8.47. The Morgan fingerprint density at radius 3 is 2.58 bits per heavy atom. The lowest BCUT2D eigenvalue weighted by Gasteiger charge is -2.13. The Morgan fingerprint density at radius 1 is 1.06 bits per heavy atom. The van der Waals surface area contributed by atoms with Crippen LogP contribution in [0.5, 0.6) is 5.75 Å². The van der Waals surface area contributed by atoms with Crippen molar-refractivity contribution in [2.24, 2.45) is 12.8 Å². The Labute approximate surface area is 300 Å². The zero-order valence-corrected chi connectivity index (χ0v) is 30.8. The van der Waals surface area contributed by atoms with Gasteiger partial charge in [0, 0.05) is 52.6 Å². The highest BCUT2D eigenvalue weighted by Gasteiger charge is 2.28. The second-order valence-corrected chi connectivity index (χ2v) is 14.1. The molecule has 0 fully saturated rings. The van der Waals surface area contributed by atoms with Crippen LogP contribution in [-0.2, 0) is 45.8 Å². The first kappa shape index (κ1) is 35.6. The van der Waals surface area contributed by atoms with Gasteiger partial charge in [0.05, 0.1) is 28.5 Å². The van der Waals surface area contributed by atoms with Crippen LogP contribution in [0.2, 0.25) is 5.02 Å². The summed E-state index contributed by atoms with van der Waals surface area (Å²) >= 11 is 8.50. The maximum absolute atomic E-state index is 14.3. The standard InChI is InChI=1S/C37H37ClFN5O3S.C2H6/c1-20-31(48-32(19-40)41-20)13-8-22-16-23-18-24(39)9-10-25(23)30(17-22)47-15-5-6-26-27-11-12-28(38)34(35(27)43(3)36(26)37(45)46)33-21(2)42-44-14-4-7-29(33)44;1-2/h9-12,16-18H,4-8,13-15,19,40H2,1-3H3,(H,45,46);1-2H3. The summed E-state index contributed by atoms with van der Waals surface area (Å²) in [5.41, 5.74) is 13.5. The van der Waals surface area contributed by atoms with E-state index in [1.165, 1.54) is 17.0 Å². The molecule has 50 heavy (non-hydrogen) atoms. The number of nitrogens with zero attached hydrogens (tertiary/aromatic N) is 4. The summed E-state index contributed by atoms with van der Waals surface area (Å²) in [6.07, 6.45) is 4.55. The van der Waals surface area contributed by atoms with E-state index in [1.807, 2.05) is 56.6 Å². The number of fused-ring (bicyclic) bond motifs is 3. The monoisotopic (exact) mass is 715 g/mol. The Morgan fingerprint density at radius 2 is 1.84 bits per heavy atom. The summed E-state index contributed by atoms with van der Waals surface area (Å²) in [4.78, 5) is 18.4. The first-order chi connectivity index (χ1) is 24.1. The quantitative estimate of drug-likeness (QED) is 0.130. The molecule has 0 saturated heterocycles. The van der Waals surface area contributed by atoms with E-state index in [0.29, 0.717) is 36.8 Å². The molecule has 0 spiro atoms. The first-order valence-corrected chi connectivity index (χ1v) is 18.4. The number of thiazole rings is 1. The van der Waals surface area contributed by atoms with E-state index >= 15 is 0 Å². The molecule has 7 rings (SSSR count). The van der Waals surface area contributed by atoms with Gasteiger partial charge in [-0.1, -0.05) is 37.6 Å². The number of nitrogens with two attached hydrogens (primary N) is 1. The molecule has 3 N–H and O–H groups in total. The van der Waals surface area contributed by atoms with Gasteiger partial charge in [0.15, 0.2) is 0 Å². The summed E-state index contributed by atoms with van der Waals surface area (Å²) in [7, 11) is 1.80. The second-order valence-electron chi connectivity index (χ2n) is 12.5. The third-order valence-electron chi connectivity index (χ3n) is 9.40. The molecule has 0 bridgehead atoms. The SMILES string of the molecule is CC.Cc1nc(CN)sc1CCc1cc(OCCCc2c(C(=O)O)n(C)c3c(-c4c(C)nn5c4CCC5)c(Cl)ccc23)c2ccc(F)cc2c1. The third kappa shape index (κ3) is 6.64. The van der Waals surface area contributed by atoms with Gasteiger partial charge in [-0.25, -0.2) is 14.2 Å². The number of aromatic carboxylic acids is 1. The third-order valence-corrected chi connectivity index (χ3v) is 10.9. The first-order valence-electron chi connectivity index (χ1n) is 17.2. The van der Waals surface area contributed by atoms with Gasteiger partial charge in [-0.2, -0.15) is 5.10 Å². The molecule has 1 aliphatic rings. The van der Waals surface area contributed by atoms with Gasteiger partial charge in [-0.15, -0.1) is 11.3 Å². The predicted molar refractivity (Wildman–Crippen MR) is 200 cm³/mol. The maximum atomic E-state index is 14.3. The molecule has 11 heteroatoms. The van der Waals surface area contributed by atoms with E-state index in [0.717, 1.165) is 98.2 Å².